The Bertz CT molecular complexity index is 551. The zero-order valence-corrected chi connectivity index (χ0v) is 10.7. The first-order valence-corrected chi connectivity index (χ1v) is 7.29. The highest BCUT2D eigenvalue weighted by atomic mass is 32.2. The zero-order chi connectivity index (χ0) is 13.2. The number of anilines is 1. The highest BCUT2D eigenvalue weighted by molar-refractivity contribution is 7.89. The number of nitrogens with two attached hydrogens (primary N) is 1. The van der Waals surface area contributed by atoms with Crippen molar-refractivity contribution in [1.82, 2.24) is 14.1 Å². The summed E-state index contributed by atoms with van der Waals surface area (Å²) in [7, 11) is -3.42. The number of nitriles is 1. The number of rotatable bonds is 3. The Morgan fingerprint density at radius 3 is 2.67 bits per heavy atom. The molecule has 1 aromatic heterocycles. The number of hydrogen-bond acceptors (Lipinski definition) is 5. The van der Waals surface area contributed by atoms with Crippen molar-refractivity contribution in [1.29, 1.82) is 5.26 Å². The summed E-state index contributed by atoms with van der Waals surface area (Å²) in [6.45, 7) is 0.850. The Labute approximate surface area is 106 Å². The van der Waals surface area contributed by atoms with E-state index in [1.807, 2.05) is 0 Å². The summed E-state index contributed by atoms with van der Waals surface area (Å²) in [6, 6.07) is 3.59. The molecular formula is C10H15N5O2S. The van der Waals surface area contributed by atoms with Crippen LogP contribution in [0.15, 0.2) is 12.3 Å². The number of aromatic nitrogens is 2. The van der Waals surface area contributed by atoms with Crippen molar-refractivity contribution in [2.75, 3.05) is 24.6 Å². The molecule has 7 nitrogen and oxygen atoms in total. The molecule has 1 aliphatic heterocycles. The van der Waals surface area contributed by atoms with Gasteiger partial charge in [-0.05, 0) is 18.9 Å². The number of hydrogen-bond donors (Lipinski definition) is 1. The standard InChI is InChI=1S/C10H15N5O2S/c11-4-8-18(16,17)14-5-1-9(2-6-14)15-7-3-10(12)13-15/h3,7,9H,1-2,5-6,8H2,(H2,12,13). The number of nitrogen functional groups attached to an aromatic ring is 1. The predicted octanol–water partition coefficient (Wildman–Crippen LogP) is -0.0444. The Morgan fingerprint density at radius 1 is 1.50 bits per heavy atom. The van der Waals surface area contributed by atoms with Crippen molar-refractivity contribution < 1.29 is 8.42 Å². The van der Waals surface area contributed by atoms with Gasteiger partial charge in [0.15, 0.2) is 5.75 Å². The Kier molecular flexibility index (Phi) is 3.54. The molecule has 0 amide bonds. The Hall–Kier alpha value is -1.59. The summed E-state index contributed by atoms with van der Waals surface area (Å²) in [5.74, 6) is 0.0152. The molecule has 1 saturated heterocycles. The van der Waals surface area contributed by atoms with Gasteiger partial charge < -0.3 is 5.73 Å². The monoisotopic (exact) mass is 269 g/mol. The highest BCUT2D eigenvalue weighted by Crippen LogP contribution is 2.23. The van der Waals surface area contributed by atoms with Crippen LogP contribution in [0.4, 0.5) is 5.82 Å². The van der Waals surface area contributed by atoms with Gasteiger partial charge in [0.2, 0.25) is 10.0 Å². The predicted molar refractivity (Wildman–Crippen MR) is 65.9 cm³/mol. The lowest BCUT2D eigenvalue weighted by Crippen LogP contribution is -2.40. The van der Waals surface area contributed by atoms with Crippen molar-refractivity contribution >= 4 is 15.8 Å². The lowest BCUT2D eigenvalue weighted by atomic mass is 10.1. The fourth-order valence-electron chi connectivity index (χ4n) is 2.11. The van der Waals surface area contributed by atoms with Gasteiger partial charge in [-0.25, -0.2) is 12.7 Å². The molecule has 0 saturated carbocycles. The smallest absolute Gasteiger partial charge is 0.227 e. The molecule has 0 atom stereocenters. The number of piperidine rings is 1. The average Bonchev–Trinajstić information content (AvgIpc) is 2.76. The van der Waals surface area contributed by atoms with E-state index in [9.17, 15) is 8.42 Å². The van der Waals surface area contributed by atoms with Gasteiger partial charge >= 0.3 is 0 Å². The second-order valence-corrected chi connectivity index (χ2v) is 6.23. The third kappa shape index (κ3) is 2.63. The summed E-state index contributed by atoms with van der Waals surface area (Å²) in [4.78, 5) is 0. The van der Waals surface area contributed by atoms with Gasteiger partial charge in [0, 0.05) is 19.3 Å². The summed E-state index contributed by atoms with van der Waals surface area (Å²) >= 11 is 0. The summed E-state index contributed by atoms with van der Waals surface area (Å²) in [5, 5.41) is 12.6. The molecule has 0 unspecified atom stereocenters. The topological polar surface area (TPSA) is 105 Å². The zero-order valence-electron chi connectivity index (χ0n) is 9.86. The molecular weight excluding hydrogens is 254 g/mol. The lowest BCUT2D eigenvalue weighted by Gasteiger charge is -2.30. The first-order chi connectivity index (χ1) is 8.53. The molecule has 1 aromatic rings. The summed E-state index contributed by atoms with van der Waals surface area (Å²) in [6.07, 6.45) is 3.18. The fraction of sp³-hybridized carbons (Fsp3) is 0.600. The molecule has 2 rings (SSSR count). The van der Waals surface area contributed by atoms with Crippen LogP contribution in [0.1, 0.15) is 18.9 Å². The fourth-order valence-corrected chi connectivity index (χ4v) is 3.23. The van der Waals surface area contributed by atoms with E-state index in [0.29, 0.717) is 31.7 Å². The molecule has 98 valence electrons. The van der Waals surface area contributed by atoms with Crippen LogP contribution in [0.3, 0.4) is 0 Å². The van der Waals surface area contributed by atoms with E-state index in [-0.39, 0.29) is 6.04 Å². The van der Waals surface area contributed by atoms with Gasteiger partial charge in [-0.1, -0.05) is 0 Å². The van der Waals surface area contributed by atoms with E-state index in [0.717, 1.165) is 0 Å². The first kappa shape index (κ1) is 12.9. The van der Waals surface area contributed by atoms with Crippen LogP contribution in [0.2, 0.25) is 0 Å². The van der Waals surface area contributed by atoms with E-state index >= 15 is 0 Å². The minimum Gasteiger partial charge on any atom is -0.382 e. The van der Waals surface area contributed by atoms with Crippen LogP contribution in [0.25, 0.3) is 0 Å². The maximum atomic E-state index is 11.7. The second-order valence-electron chi connectivity index (χ2n) is 4.27. The number of sulfonamides is 1. The number of nitrogens with zero attached hydrogens (tertiary/aromatic N) is 4. The van der Waals surface area contributed by atoms with Gasteiger partial charge in [-0.3, -0.25) is 4.68 Å². The van der Waals surface area contributed by atoms with Crippen LogP contribution < -0.4 is 5.73 Å². The molecule has 1 fully saturated rings. The van der Waals surface area contributed by atoms with E-state index in [2.05, 4.69) is 5.10 Å². The normalized spacial score (nSPS) is 18.6. The quantitative estimate of drug-likeness (QED) is 0.828. The van der Waals surface area contributed by atoms with Crippen molar-refractivity contribution in [3.8, 4) is 6.07 Å². The molecule has 0 aliphatic carbocycles. The van der Waals surface area contributed by atoms with Gasteiger partial charge in [-0.2, -0.15) is 10.4 Å². The van der Waals surface area contributed by atoms with Gasteiger partial charge in [0.25, 0.3) is 0 Å². The van der Waals surface area contributed by atoms with Crippen molar-refractivity contribution in [2.24, 2.45) is 0 Å². The molecule has 0 aromatic carbocycles. The molecule has 1 aliphatic rings. The summed E-state index contributed by atoms with van der Waals surface area (Å²) in [5.41, 5.74) is 5.55. The van der Waals surface area contributed by atoms with Crippen molar-refractivity contribution in [3.05, 3.63) is 12.3 Å². The minimum atomic E-state index is -3.42. The average molecular weight is 269 g/mol. The third-order valence-corrected chi connectivity index (χ3v) is 4.71. The third-order valence-electron chi connectivity index (χ3n) is 3.07. The summed E-state index contributed by atoms with van der Waals surface area (Å²) < 4.78 is 26.5. The molecule has 2 N–H and O–H groups in total. The van der Waals surface area contributed by atoms with Crippen LogP contribution in [-0.2, 0) is 10.0 Å². The SMILES string of the molecule is N#CCS(=O)(=O)N1CCC(n2ccc(N)n2)CC1. The van der Waals surface area contributed by atoms with Crippen molar-refractivity contribution in [3.63, 3.8) is 0 Å². The van der Waals surface area contributed by atoms with Gasteiger partial charge in [0.05, 0.1) is 12.1 Å². The van der Waals surface area contributed by atoms with E-state index in [1.165, 1.54) is 4.31 Å². The molecule has 18 heavy (non-hydrogen) atoms. The maximum absolute atomic E-state index is 11.7. The molecule has 2 heterocycles. The van der Waals surface area contributed by atoms with E-state index < -0.39 is 15.8 Å². The largest absolute Gasteiger partial charge is 0.382 e. The van der Waals surface area contributed by atoms with Crippen molar-refractivity contribution in [2.45, 2.75) is 18.9 Å². The van der Waals surface area contributed by atoms with Gasteiger partial charge in [0.1, 0.15) is 5.82 Å². The Morgan fingerprint density at radius 2 is 2.17 bits per heavy atom. The Balaban J connectivity index is 1.99. The second kappa shape index (κ2) is 4.96. The van der Waals surface area contributed by atoms with E-state index in [4.69, 9.17) is 11.0 Å². The first-order valence-electron chi connectivity index (χ1n) is 5.68. The van der Waals surface area contributed by atoms with Crippen LogP contribution in [0, 0.1) is 11.3 Å². The lowest BCUT2D eigenvalue weighted by molar-refractivity contribution is 0.262. The maximum Gasteiger partial charge on any atom is 0.227 e. The van der Waals surface area contributed by atoms with Gasteiger partial charge in [-0.15, -0.1) is 0 Å². The molecule has 0 bridgehead atoms. The molecule has 8 heteroatoms. The van der Waals surface area contributed by atoms with Crippen LogP contribution in [0.5, 0.6) is 0 Å². The molecule has 0 radical (unpaired) electrons. The minimum absolute atomic E-state index is 0.177. The van der Waals surface area contributed by atoms with Crippen LogP contribution in [-0.4, -0.2) is 41.3 Å². The van der Waals surface area contributed by atoms with Crippen LogP contribution >= 0.6 is 0 Å². The highest BCUT2D eigenvalue weighted by Gasteiger charge is 2.28. The van der Waals surface area contributed by atoms with E-state index in [1.54, 1.807) is 23.0 Å². The molecule has 0 spiro atoms.